The average molecular weight is 259 g/mol. The van der Waals surface area contributed by atoms with Crippen LogP contribution < -0.4 is 0 Å². The Kier molecular flexibility index (Phi) is 4.97. The van der Waals surface area contributed by atoms with Gasteiger partial charge in [0, 0.05) is 5.71 Å². The van der Waals surface area contributed by atoms with Crippen LogP contribution in [0.25, 0.3) is 0 Å². The summed E-state index contributed by atoms with van der Waals surface area (Å²) in [5.74, 6) is 0. The van der Waals surface area contributed by atoms with Crippen LogP contribution in [-0.4, -0.2) is 24.1 Å². The fraction of sp³-hybridized carbons (Fsp3) is 0.500. The van der Waals surface area contributed by atoms with E-state index in [-0.39, 0.29) is 5.71 Å². The molecule has 7 heteroatoms. The first-order valence-electron chi connectivity index (χ1n) is 4.51. The summed E-state index contributed by atoms with van der Waals surface area (Å²) < 4.78 is 73.0. The van der Waals surface area contributed by atoms with Gasteiger partial charge in [0.2, 0.25) is 0 Å². The highest BCUT2D eigenvalue weighted by Crippen LogP contribution is 2.27. The number of aliphatic imine (C=N–C) groups is 1. The first-order valence-corrected chi connectivity index (χ1v) is 4.51. The summed E-state index contributed by atoms with van der Waals surface area (Å²) >= 11 is 0. The van der Waals surface area contributed by atoms with Gasteiger partial charge in [0.1, 0.15) is 6.04 Å². The van der Waals surface area contributed by atoms with Crippen molar-refractivity contribution < 1.29 is 26.3 Å². The second-order valence-corrected chi connectivity index (χ2v) is 3.29. The van der Waals surface area contributed by atoms with Gasteiger partial charge in [-0.1, -0.05) is 12.7 Å². The van der Waals surface area contributed by atoms with Crippen LogP contribution in [0.4, 0.5) is 26.3 Å². The van der Waals surface area contributed by atoms with Crippen molar-refractivity contribution in [2.45, 2.75) is 32.2 Å². The molecule has 17 heavy (non-hydrogen) atoms. The van der Waals surface area contributed by atoms with Crippen molar-refractivity contribution in [3.63, 3.8) is 0 Å². The number of rotatable bonds is 3. The minimum atomic E-state index is -4.65. The van der Waals surface area contributed by atoms with E-state index >= 15 is 0 Å². The average Bonchev–Trinajstić information content (AvgIpc) is 2.10. The molecule has 0 aliphatic carbocycles. The highest BCUT2D eigenvalue weighted by Gasteiger charge is 2.36. The Morgan fingerprint density at radius 1 is 1.18 bits per heavy atom. The van der Waals surface area contributed by atoms with E-state index in [0.29, 0.717) is 12.2 Å². The van der Waals surface area contributed by atoms with Crippen molar-refractivity contribution in [3.8, 4) is 0 Å². The molecule has 0 spiro atoms. The lowest BCUT2D eigenvalue weighted by Gasteiger charge is -2.12. The first-order chi connectivity index (χ1) is 7.48. The van der Waals surface area contributed by atoms with E-state index in [4.69, 9.17) is 0 Å². The van der Waals surface area contributed by atoms with Crippen molar-refractivity contribution >= 4 is 5.71 Å². The van der Waals surface area contributed by atoms with Crippen LogP contribution in [0, 0.1) is 0 Å². The predicted octanol–water partition coefficient (Wildman–Crippen LogP) is 4.07. The molecule has 0 saturated carbocycles. The number of halogens is 6. The van der Waals surface area contributed by atoms with Crippen LogP contribution in [0.5, 0.6) is 0 Å². The van der Waals surface area contributed by atoms with Crippen LogP contribution in [0.15, 0.2) is 29.3 Å². The van der Waals surface area contributed by atoms with Crippen LogP contribution in [-0.2, 0) is 0 Å². The van der Waals surface area contributed by atoms with Gasteiger partial charge < -0.3 is 0 Å². The number of hydrogen-bond acceptors (Lipinski definition) is 1. The normalized spacial score (nSPS) is 16.9. The van der Waals surface area contributed by atoms with Crippen LogP contribution in [0.2, 0.25) is 0 Å². The predicted molar refractivity (Wildman–Crippen MR) is 53.0 cm³/mol. The fourth-order valence-corrected chi connectivity index (χ4v) is 0.897. The van der Waals surface area contributed by atoms with Crippen molar-refractivity contribution in [3.05, 3.63) is 24.3 Å². The highest BCUT2D eigenvalue weighted by molar-refractivity contribution is 5.94. The molecule has 0 radical (unpaired) electrons. The number of alkyl halides is 6. The van der Waals surface area contributed by atoms with Gasteiger partial charge in [-0.3, -0.25) is 4.99 Å². The molecule has 0 fully saturated rings. The third-order valence-electron chi connectivity index (χ3n) is 1.78. The second kappa shape index (κ2) is 5.37. The van der Waals surface area contributed by atoms with Gasteiger partial charge in [-0.2, -0.15) is 26.3 Å². The van der Waals surface area contributed by atoms with Gasteiger partial charge in [0.15, 0.2) is 0 Å². The molecule has 0 heterocycles. The Morgan fingerprint density at radius 3 is 1.94 bits per heavy atom. The Bertz CT molecular complexity index is 334. The summed E-state index contributed by atoms with van der Waals surface area (Å²) in [6, 6.07) is -2.04. The van der Waals surface area contributed by atoms with Gasteiger partial charge in [-0.05, 0) is 19.9 Å². The molecule has 0 unspecified atom stereocenters. The zero-order valence-corrected chi connectivity index (χ0v) is 9.15. The fourth-order valence-electron chi connectivity index (χ4n) is 0.897. The van der Waals surface area contributed by atoms with Crippen LogP contribution in [0.1, 0.15) is 13.8 Å². The summed E-state index contributed by atoms with van der Waals surface area (Å²) in [7, 11) is 0. The molecule has 0 bridgehead atoms. The Morgan fingerprint density at radius 2 is 1.65 bits per heavy atom. The van der Waals surface area contributed by atoms with E-state index in [9.17, 15) is 26.3 Å². The Labute approximate surface area is 94.5 Å². The lowest BCUT2D eigenvalue weighted by atomic mass is 10.2. The van der Waals surface area contributed by atoms with Crippen molar-refractivity contribution in [1.29, 1.82) is 0 Å². The van der Waals surface area contributed by atoms with Gasteiger partial charge in [-0.15, -0.1) is 0 Å². The van der Waals surface area contributed by atoms with E-state index in [0.717, 1.165) is 13.8 Å². The second-order valence-electron chi connectivity index (χ2n) is 3.29. The lowest BCUT2D eigenvalue weighted by molar-refractivity contribution is -0.142. The number of nitrogens with zero attached hydrogens (tertiary/aromatic N) is 1. The van der Waals surface area contributed by atoms with E-state index in [1.54, 1.807) is 0 Å². The van der Waals surface area contributed by atoms with E-state index in [1.165, 1.54) is 0 Å². The summed E-state index contributed by atoms with van der Waals surface area (Å²) in [6.07, 6.45) is -8.17. The quantitative estimate of drug-likeness (QED) is 0.411. The minimum Gasteiger partial charge on any atom is -0.278 e. The largest absolute Gasteiger partial charge is 0.416 e. The first kappa shape index (κ1) is 15.7. The Hall–Kier alpha value is -1.27. The third-order valence-corrected chi connectivity index (χ3v) is 1.78. The highest BCUT2D eigenvalue weighted by atomic mass is 19.4. The van der Waals surface area contributed by atoms with Crippen molar-refractivity contribution in [1.82, 2.24) is 0 Å². The molecule has 0 aromatic carbocycles. The lowest BCUT2D eigenvalue weighted by Crippen LogP contribution is -2.24. The zero-order chi connectivity index (χ0) is 13.9. The molecule has 0 N–H and O–H groups in total. The molecule has 0 aromatic rings. The maximum absolute atomic E-state index is 12.2. The molecule has 0 aliphatic heterocycles. The molecular formula is C10H11F6N. The molecule has 0 aromatic heterocycles. The monoisotopic (exact) mass is 259 g/mol. The number of allylic oxidation sites excluding steroid dienone is 3. The van der Waals surface area contributed by atoms with E-state index < -0.39 is 24.0 Å². The SMILES string of the molecule is C=C/C(=C\C(C)=N[C@H](C)C(F)(F)F)C(F)(F)F. The standard InChI is InChI=1S/C10H11F6N/c1-4-8(10(14,15)16)5-6(2)17-7(3)9(11,12)13/h4-5,7H,1H2,2-3H3/b8-5+,17-6?/t7-/m1/s1. The van der Waals surface area contributed by atoms with Crippen molar-refractivity contribution in [2.75, 3.05) is 0 Å². The smallest absolute Gasteiger partial charge is 0.278 e. The summed E-state index contributed by atoms with van der Waals surface area (Å²) in [5, 5.41) is 0. The van der Waals surface area contributed by atoms with E-state index in [2.05, 4.69) is 11.6 Å². The molecule has 1 atom stereocenters. The Balaban J connectivity index is 5.07. The topological polar surface area (TPSA) is 12.4 Å². The number of hydrogen-bond donors (Lipinski definition) is 0. The molecule has 0 amide bonds. The van der Waals surface area contributed by atoms with Gasteiger partial charge in [-0.25, -0.2) is 0 Å². The maximum atomic E-state index is 12.2. The van der Waals surface area contributed by atoms with E-state index in [1.807, 2.05) is 0 Å². The van der Waals surface area contributed by atoms with Crippen LogP contribution in [0.3, 0.4) is 0 Å². The molecular weight excluding hydrogens is 248 g/mol. The minimum absolute atomic E-state index is 0.359. The van der Waals surface area contributed by atoms with Gasteiger partial charge >= 0.3 is 12.4 Å². The maximum Gasteiger partial charge on any atom is 0.416 e. The molecule has 0 rings (SSSR count). The van der Waals surface area contributed by atoms with Crippen LogP contribution >= 0.6 is 0 Å². The third kappa shape index (κ3) is 5.55. The molecule has 0 saturated heterocycles. The van der Waals surface area contributed by atoms with Gasteiger partial charge in [0.05, 0.1) is 5.57 Å². The summed E-state index contributed by atoms with van der Waals surface area (Å²) in [4.78, 5) is 3.12. The van der Waals surface area contributed by atoms with Crippen molar-refractivity contribution in [2.24, 2.45) is 4.99 Å². The molecule has 1 nitrogen and oxygen atoms in total. The zero-order valence-electron chi connectivity index (χ0n) is 9.15. The summed E-state index contributed by atoms with van der Waals surface area (Å²) in [6.45, 7) is 4.77. The van der Waals surface area contributed by atoms with Gasteiger partial charge in [0.25, 0.3) is 0 Å². The summed E-state index contributed by atoms with van der Waals surface area (Å²) in [5.41, 5.74) is -1.49. The molecule has 0 aliphatic rings. The molecule has 98 valence electrons.